The molecule has 23 heavy (non-hydrogen) atoms. The molecule has 0 N–H and O–H groups in total. The van der Waals surface area contributed by atoms with E-state index in [0.717, 1.165) is 23.6 Å². The van der Waals surface area contributed by atoms with E-state index in [4.69, 9.17) is 4.74 Å². The summed E-state index contributed by atoms with van der Waals surface area (Å²) in [4.78, 5) is 5.87. The molecule has 0 radical (unpaired) electrons. The zero-order valence-electron chi connectivity index (χ0n) is 14.3. The van der Waals surface area contributed by atoms with Gasteiger partial charge in [-0.3, -0.25) is 0 Å². The Kier molecular flexibility index (Phi) is 7.88. The van der Waals surface area contributed by atoms with Crippen LogP contribution in [0, 0.1) is 0 Å². The molecule has 0 atom stereocenters. The van der Waals surface area contributed by atoms with Gasteiger partial charge in [-0.15, -0.1) is 11.3 Å². The minimum atomic E-state index is 0.642. The van der Waals surface area contributed by atoms with Crippen molar-refractivity contribution in [2.45, 2.75) is 52.4 Å². The summed E-state index contributed by atoms with van der Waals surface area (Å²) in [7, 11) is 0. The number of thiazole rings is 1. The van der Waals surface area contributed by atoms with Crippen LogP contribution in [-0.2, 0) is 6.42 Å². The lowest BCUT2D eigenvalue weighted by Gasteiger charge is -2.04. The number of unbranched alkanes of at least 4 members (excludes halogenated alkanes) is 3. The number of hydrogen-bond donors (Lipinski definition) is 0. The Morgan fingerprint density at radius 1 is 1.04 bits per heavy atom. The number of aryl methyl sites for hydroxylation is 1. The summed E-state index contributed by atoms with van der Waals surface area (Å²) < 4.78 is 5.74. The van der Waals surface area contributed by atoms with Crippen molar-refractivity contribution in [3.05, 3.63) is 47.5 Å². The lowest BCUT2D eigenvalue weighted by molar-refractivity contribution is 0.362. The minimum Gasteiger partial charge on any atom is -0.490 e. The average Bonchev–Trinajstić information content (AvgIpc) is 3.04. The Hall–Kier alpha value is -1.61. The van der Waals surface area contributed by atoms with Crippen molar-refractivity contribution in [1.82, 2.24) is 4.98 Å². The maximum Gasteiger partial charge on any atom is 0.123 e. The third-order valence-electron chi connectivity index (χ3n) is 3.64. The first kappa shape index (κ1) is 17.7. The van der Waals surface area contributed by atoms with Crippen LogP contribution in [0.2, 0.25) is 0 Å². The van der Waals surface area contributed by atoms with Gasteiger partial charge in [0.1, 0.15) is 17.4 Å². The molecule has 2 aromatic rings. The number of nitrogens with zero attached hydrogens (tertiary/aromatic N) is 1. The van der Waals surface area contributed by atoms with Crippen LogP contribution in [0.15, 0.2) is 42.6 Å². The van der Waals surface area contributed by atoms with Crippen LogP contribution < -0.4 is 4.74 Å². The summed E-state index contributed by atoms with van der Waals surface area (Å²) >= 11 is 1.78. The largest absolute Gasteiger partial charge is 0.490 e. The van der Waals surface area contributed by atoms with E-state index in [-0.39, 0.29) is 0 Å². The summed E-state index contributed by atoms with van der Waals surface area (Å²) in [5.41, 5.74) is 1.17. The number of aromatic nitrogens is 1. The molecule has 0 amide bonds. The van der Waals surface area contributed by atoms with Gasteiger partial charge in [-0.25, -0.2) is 4.98 Å². The van der Waals surface area contributed by atoms with E-state index in [0.29, 0.717) is 6.61 Å². The zero-order valence-corrected chi connectivity index (χ0v) is 15.1. The molecular weight excluding hydrogens is 302 g/mol. The van der Waals surface area contributed by atoms with Crippen LogP contribution in [-0.4, -0.2) is 11.6 Å². The predicted octanol–water partition coefficient (Wildman–Crippen LogP) is 6.28. The highest BCUT2D eigenvalue weighted by atomic mass is 32.1. The van der Waals surface area contributed by atoms with Crippen molar-refractivity contribution in [3.8, 4) is 16.3 Å². The molecule has 0 bridgehead atoms. The highest BCUT2D eigenvalue weighted by molar-refractivity contribution is 7.15. The van der Waals surface area contributed by atoms with Crippen LogP contribution in [0.25, 0.3) is 10.6 Å². The van der Waals surface area contributed by atoms with Gasteiger partial charge in [0.25, 0.3) is 0 Å². The standard InChI is InChI=1S/C20H27NOS/c1-3-5-6-7-8-9-15-22-18-13-11-17(12-14-18)20-21-16-19(23-20)10-4-2/h8-9,11-14,16H,3-7,10,15H2,1-2H3. The molecule has 0 aliphatic heterocycles. The molecule has 1 aromatic carbocycles. The smallest absolute Gasteiger partial charge is 0.123 e. The molecule has 0 aliphatic rings. The first-order valence-electron chi connectivity index (χ1n) is 8.66. The number of hydrogen-bond acceptors (Lipinski definition) is 3. The quantitative estimate of drug-likeness (QED) is 0.378. The Balaban J connectivity index is 1.79. The molecular formula is C20H27NOS. The number of rotatable bonds is 10. The van der Waals surface area contributed by atoms with Gasteiger partial charge in [0.2, 0.25) is 0 Å². The van der Waals surface area contributed by atoms with Gasteiger partial charge in [-0.1, -0.05) is 45.3 Å². The number of benzene rings is 1. The van der Waals surface area contributed by atoms with Crippen molar-refractivity contribution in [3.63, 3.8) is 0 Å². The Bertz CT molecular complexity index is 586. The van der Waals surface area contributed by atoms with E-state index in [1.54, 1.807) is 11.3 Å². The Labute approximate surface area is 144 Å². The van der Waals surface area contributed by atoms with Gasteiger partial charge in [-0.05, 0) is 43.5 Å². The Morgan fingerprint density at radius 2 is 1.87 bits per heavy atom. The molecule has 1 heterocycles. The van der Waals surface area contributed by atoms with Crippen molar-refractivity contribution < 1.29 is 4.74 Å². The maximum absolute atomic E-state index is 5.74. The highest BCUT2D eigenvalue weighted by Crippen LogP contribution is 2.27. The lowest BCUT2D eigenvalue weighted by Crippen LogP contribution is -1.93. The zero-order chi connectivity index (χ0) is 16.3. The molecule has 2 nitrogen and oxygen atoms in total. The van der Waals surface area contributed by atoms with Crippen molar-refractivity contribution >= 4 is 11.3 Å². The monoisotopic (exact) mass is 329 g/mol. The van der Waals surface area contributed by atoms with E-state index in [1.807, 2.05) is 18.3 Å². The normalized spacial score (nSPS) is 11.2. The molecule has 0 aliphatic carbocycles. The fourth-order valence-corrected chi connectivity index (χ4v) is 3.36. The van der Waals surface area contributed by atoms with Gasteiger partial charge >= 0.3 is 0 Å². The van der Waals surface area contributed by atoms with Crippen LogP contribution in [0.4, 0.5) is 0 Å². The van der Waals surface area contributed by atoms with Gasteiger partial charge in [-0.2, -0.15) is 0 Å². The van der Waals surface area contributed by atoms with Gasteiger partial charge in [0.15, 0.2) is 0 Å². The molecule has 0 saturated carbocycles. The van der Waals surface area contributed by atoms with Gasteiger partial charge < -0.3 is 4.74 Å². The van der Waals surface area contributed by atoms with E-state index in [2.05, 4.69) is 43.1 Å². The first-order valence-corrected chi connectivity index (χ1v) is 9.48. The number of allylic oxidation sites excluding steroid dienone is 1. The minimum absolute atomic E-state index is 0.642. The molecule has 0 unspecified atom stereocenters. The predicted molar refractivity (Wildman–Crippen MR) is 100 cm³/mol. The van der Waals surface area contributed by atoms with Crippen molar-refractivity contribution in [2.75, 3.05) is 6.61 Å². The highest BCUT2D eigenvalue weighted by Gasteiger charge is 2.04. The van der Waals surface area contributed by atoms with Crippen molar-refractivity contribution in [1.29, 1.82) is 0 Å². The fourth-order valence-electron chi connectivity index (χ4n) is 2.34. The second-order valence-corrected chi connectivity index (χ2v) is 6.80. The molecule has 124 valence electrons. The third-order valence-corrected chi connectivity index (χ3v) is 4.74. The van der Waals surface area contributed by atoms with Crippen LogP contribution in [0.1, 0.15) is 50.8 Å². The van der Waals surface area contributed by atoms with Crippen LogP contribution in [0.3, 0.4) is 0 Å². The Morgan fingerprint density at radius 3 is 2.61 bits per heavy atom. The summed E-state index contributed by atoms with van der Waals surface area (Å²) in [6.07, 6.45) is 13.6. The molecule has 1 aromatic heterocycles. The molecule has 3 heteroatoms. The summed E-state index contributed by atoms with van der Waals surface area (Å²) in [5.74, 6) is 0.914. The first-order chi connectivity index (χ1) is 11.3. The average molecular weight is 330 g/mol. The van der Waals surface area contributed by atoms with Crippen molar-refractivity contribution in [2.24, 2.45) is 0 Å². The molecule has 0 fully saturated rings. The second-order valence-electron chi connectivity index (χ2n) is 5.68. The third kappa shape index (κ3) is 6.19. The van der Waals surface area contributed by atoms with E-state index >= 15 is 0 Å². The summed E-state index contributed by atoms with van der Waals surface area (Å²) in [6, 6.07) is 8.24. The van der Waals surface area contributed by atoms with Gasteiger partial charge in [0.05, 0.1) is 0 Å². The SMILES string of the molecule is CCCCCC=CCOc1ccc(-c2ncc(CCC)s2)cc1. The van der Waals surface area contributed by atoms with E-state index < -0.39 is 0 Å². The number of ether oxygens (including phenoxy) is 1. The second kappa shape index (κ2) is 10.2. The maximum atomic E-state index is 5.74. The summed E-state index contributed by atoms with van der Waals surface area (Å²) in [5, 5.41) is 1.09. The van der Waals surface area contributed by atoms with Gasteiger partial charge in [0, 0.05) is 16.6 Å². The van der Waals surface area contributed by atoms with E-state index in [1.165, 1.54) is 36.1 Å². The molecule has 0 spiro atoms. The van der Waals surface area contributed by atoms with Crippen LogP contribution >= 0.6 is 11.3 Å². The summed E-state index contributed by atoms with van der Waals surface area (Å²) in [6.45, 7) is 5.07. The molecule has 0 saturated heterocycles. The van der Waals surface area contributed by atoms with E-state index in [9.17, 15) is 0 Å². The topological polar surface area (TPSA) is 22.1 Å². The fraction of sp³-hybridized carbons (Fsp3) is 0.450. The van der Waals surface area contributed by atoms with Crippen LogP contribution in [0.5, 0.6) is 5.75 Å². The molecule has 2 rings (SSSR count). The lowest BCUT2D eigenvalue weighted by atomic mass is 10.2.